The summed E-state index contributed by atoms with van der Waals surface area (Å²) in [5.74, 6) is -11.8. The summed E-state index contributed by atoms with van der Waals surface area (Å²) in [5.41, 5.74) is -1.39. The molecule has 1 aromatic rings. The SMILES string of the molecule is O=C(CI)c1c(F)c(F)c(F)c(F)c1F. The Bertz CT molecular complexity index is 403. The highest BCUT2D eigenvalue weighted by atomic mass is 127. The van der Waals surface area contributed by atoms with E-state index in [0.29, 0.717) is 0 Å². The second-order valence-corrected chi connectivity index (χ2v) is 3.26. The molecule has 0 spiro atoms. The van der Waals surface area contributed by atoms with Crippen LogP contribution in [0.4, 0.5) is 22.0 Å². The lowest BCUT2D eigenvalue weighted by atomic mass is 10.1. The van der Waals surface area contributed by atoms with Crippen LogP contribution >= 0.6 is 22.6 Å². The van der Waals surface area contributed by atoms with Gasteiger partial charge in [-0.05, 0) is 0 Å². The molecule has 0 aliphatic carbocycles. The molecule has 1 rings (SSSR count). The molecule has 0 radical (unpaired) electrons. The Morgan fingerprint density at radius 3 is 1.53 bits per heavy atom. The van der Waals surface area contributed by atoms with Crippen LogP contribution in [0.3, 0.4) is 0 Å². The lowest BCUT2D eigenvalue weighted by Gasteiger charge is -2.05. The molecule has 0 atom stereocenters. The summed E-state index contributed by atoms with van der Waals surface area (Å²) in [4.78, 5) is 10.9. The minimum absolute atomic E-state index is 0.379. The first kappa shape index (κ1) is 12.3. The number of rotatable bonds is 2. The second kappa shape index (κ2) is 4.42. The Morgan fingerprint density at radius 2 is 1.20 bits per heavy atom. The molecular weight excluding hydrogens is 334 g/mol. The van der Waals surface area contributed by atoms with E-state index >= 15 is 0 Å². The summed E-state index contributed by atoms with van der Waals surface area (Å²) in [5, 5.41) is 0. The molecule has 1 aromatic carbocycles. The van der Waals surface area contributed by atoms with Gasteiger partial charge in [-0.2, -0.15) is 0 Å². The molecule has 7 heteroatoms. The number of ketones is 1. The standard InChI is InChI=1S/C8H2F5IO/c9-4-3(2(15)1-14)5(10)7(12)8(13)6(4)11/h1H2. The van der Waals surface area contributed by atoms with E-state index in [1.807, 2.05) is 0 Å². The largest absolute Gasteiger partial charge is 0.293 e. The zero-order valence-corrected chi connectivity index (χ0v) is 9.04. The van der Waals surface area contributed by atoms with Crippen LogP contribution in [0.15, 0.2) is 0 Å². The van der Waals surface area contributed by atoms with Gasteiger partial charge in [0.25, 0.3) is 0 Å². The van der Waals surface area contributed by atoms with Crippen LogP contribution in [-0.4, -0.2) is 10.2 Å². The van der Waals surface area contributed by atoms with Gasteiger partial charge in [-0.25, -0.2) is 22.0 Å². The zero-order chi connectivity index (χ0) is 11.7. The smallest absolute Gasteiger partial charge is 0.200 e. The summed E-state index contributed by atoms with van der Waals surface area (Å²) < 4.78 is 63.1. The van der Waals surface area contributed by atoms with Crippen LogP contribution < -0.4 is 0 Å². The van der Waals surface area contributed by atoms with Crippen LogP contribution in [0, 0.1) is 29.1 Å². The fraction of sp³-hybridized carbons (Fsp3) is 0.125. The highest BCUT2D eigenvalue weighted by Crippen LogP contribution is 2.23. The molecule has 0 saturated heterocycles. The second-order valence-electron chi connectivity index (χ2n) is 2.50. The van der Waals surface area contributed by atoms with Crippen molar-refractivity contribution >= 4 is 28.4 Å². The Morgan fingerprint density at radius 1 is 0.867 bits per heavy atom. The third-order valence-electron chi connectivity index (χ3n) is 1.61. The van der Waals surface area contributed by atoms with Gasteiger partial charge in [-0.3, -0.25) is 4.79 Å². The number of hydrogen-bond acceptors (Lipinski definition) is 1. The topological polar surface area (TPSA) is 17.1 Å². The van der Waals surface area contributed by atoms with Gasteiger partial charge in [0.15, 0.2) is 29.1 Å². The van der Waals surface area contributed by atoms with Crippen LogP contribution in [0.1, 0.15) is 10.4 Å². The molecule has 0 fully saturated rings. The van der Waals surface area contributed by atoms with Gasteiger partial charge in [0, 0.05) is 0 Å². The fourth-order valence-corrected chi connectivity index (χ4v) is 1.30. The number of carbonyl (C=O) groups excluding carboxylic acids is 1. The van der Waals surface area contributed by atoms with E-state index in [4.69, 9.17) is 0 Å². The number of carbonyl (C=O) groups is 1. The van der Waals surface area contributed by atoms with Gasteiger partial charge in [0.1, 0.15) is 0 Å². The normalized spacial score (nSPS) is 10.5. The van der Waals surface area contributed by atoms with Gasteiger partial charge in [0.05, 0.1) is 9.99 Å². The van der Waals surface area contributed by atoms with Crippen molar-refractivity contribution in [1.29, 1.82) is 0 Å². The van der Waals surface area contributed by atoms with E-state index in [1.54, 1.807) is 0 Å². The molecule has 0 heterocycles. The predicted octanol–water partition coefficient (Wildman–Crippen LogP) is 3.00. The van der Waals surface area contributed by atoms with Gasteiger partial charge < -0.3 is 0 Å². The maximum atomic E-state index is 12.9. The quantitative estimate of drug-likeness (QED) is 0.203. The van der Waals surface area contributed by atoms with Crippen molar-refractivity contribution in [2.45, 2.75) is 0 Å². The van der Waals surface area contributed by atoms with Crippen LogP contribution in [0.25, 0.3) is 0 Å². The number of halogens is 6. The lowest BCUT2D eigenvalue weighted by Crippen LogP contribution is -2.13. The maximum Gasteiger partial charge on any atom is 0.200 e. The van der Waals surface area contributed by atoms with E-state index < -0.39 is 40.4 Å². The van der Waals surface area contributed by atoms with Crippen molar-refractivity contribution in [2.24, 2.45) is 0 Å². The first-order valence-electron chi connectivity index (χ1n) is 3.52. The molecule has 82 valence electrons. The Kier molecular flexibility index (Phi) is 3.63. The molecule has 0 aliphatic heterocycles. The monoisotopic (exact) mass is 336 g/mol. The summed E-state index contributed by atoms with van der Waals surface area (Å²) in [6.45, 7) is 0. The third kappa shape index (κ3) is 1.97. The molecule has 15 heavy (non-hydrogen) atoms. The highest BCUT2D eigenvalue weighted by molar-refractivity contribution is 14.1. The lowest BCUT2D eigenvalue weighted by molar-refractivity contribution is 0.101. The average Bonchev–Trinajstić information content (AvgIpc) is 2.23. The minimum Gasteiger partial charge on any atom is -0.293 e. The predicted molar refractivity (Wildman–Crippen MR) is 49.4 cm³/mol. The first-order valence-corrected chi connectivity index (χ1v) is 5.05. The van der Waals surface area contributed by atoms with Crippen LogP contribution in [0.2, 0.25) is 0 Å². The summed E-state index contributed by atoms with van der Waals surface area (Å²) in [7, 11) is 0. The average molecular weight is 336 g/mol. The number of hydrogen-bond donors (Lipinski definition) is 0. The van der Waals surface area contributed by atoms with Crippen molar-refractivity contribution in [1.82, 2.24) is 0 Å². The zero-order valence-electron chi connectivity index (χ0n) is 6.88. The van der Waals surface area contributed by atoms with Crippen molar-refractivity contribution in [3.8, 4) is 0 Å². The summed E-state index contributed by atoms with van der Waals surface area (Å²) in [6, 6.07) is 0. The highest BCUT2D eigenvalue weighted by Gasteiger charge is 2.28. The van der Waals surface area contributed by atoms with Gasteiger partial charge in [-0.1, -0.05) is 22.6 Å². The van der Waals surface area contributed by atoms with Crippen molar-refractivity contribution in [2.75, 3.05) is 4.43 Å². The minimum atomic E-state index is -2.27. The van der Waals surface area contributed by atoms with Crippen LogP contribution in [-0.2, 0) is 0 Å². The molecule has 0 saturated carbocycles. The van der Waals surface area contributed by atoms with Gasteiger partial charge >= 0.3 is 0 Å². The van der Waals surface area contributed by atoms with Crippen LogP contribution in [0.5, 0.6) is 0 Å². The molecule has 0 aliphatic rings. The van der Waals surface area contributed by atoms with E-state index in [2.05, 4.69) is 0 Å². The molecule has 0 bridgehead atoms. The molecule has 0 N–H and O–H groups in total. The molecule has 0 unspecified atom stereocenters. The first-order chi connectivity index (χ1) is 6.91. The van der Waals surface area contributed by atoms with E-state index in [0.717, 1.165) is 0 Å². The van der Waals surface area contributed by atoms with Crippen molar-refractivity contribution in [3.63, 3.8) is 0 Å². The van der Waals surface area contributed by atoms with Crippen molar-refractivity contribution in [3.05, 3.63) is 34.6 Å². The third-order valence-corrected chi connectivity index (χ3v) is 2.30. The van der Waals surface area contributed by atoms with Crippen molar-refractivity contribution < 1.29 is 26.7 Å². The Balaban J connectivity index is 3.60. The van der Waals surface area contributed by atoms with E-state index in [-0.39, 0.29) is 4.43 Å². The fourth-order valence-electron chi connectivity index (χ4n) is 0.917. The Hall–Kier alpha value is -0.730. The Labute approximate surface area is 94.4 Å². The number of Topliss-reactive ketones (excluding diaryl/α,β-unsaturated/α-hetero) is 1. The summed E-state index contributed by atoms with van der Waals surface area (Å²) >= 11 is 1.46. The molecule has 0 aromatic heterocycles. The molecular formula is C8H2F5IO. The van der Waals surface area contributed by atoms with Gasteiger partial charge in [-0.15, -0.1) is 0 Å². The number of alkyl halides is 1. The van der Waals surface area contributed by atoms with E-state index in [9.17, 15) is 26.7 Å². The van der Waals surface area contributed by atoms with E-state index in [1.165, 1.54) is 22.6 Å². The maximum absolute atomic E-state index is 12.9. The molecule has 0 amide bonds. The van der Waals surface area contributed by atoms with Gasteiger partial charge in [0.2, 0.25) is 5.82 Å². The number of benzene rings is 1. The molecule has 1 nitrogen and oxygen atoms in total. The summed E-state index contributed by atoms with van der Waals surface area (Å²) in [6.07, 6.45) is 0.